The van der Waals surface area contributed by atoms with E-state index in [2.05, 4.69) is 6.92 Å². The second-order valence-corrected chi connectivity index (χ2v) is 12.2. The van der Waals surface area contributed by atoms with Crippen LogP contribution in [0.5, 0.6) is 0 Å². The van der Waals surface area contributed by atoms with Crippen LogP contribution in [0.1, 0.15) is 94.3 Å². The average molecular weight is 551 g/mol. The van der Waals surface area contributed by atoms with Crippen molar-refractivity contribution < 1.29 is 22.3 Å². The Labute approximate surface area is 235 Å². The maximum atomic E-state index is 15.4. The highest BCUT2D eigenvalue weighted by molar-refractivity contribution is 5.71. The van der Waals surface area contributed by atoms with Crippen molar-refractivity contribution in [1.29, 1.82) is 0 Å². The number of hydrogen-bond acceptors (Lipinski definition) is 1. The van der Waals surface area contributed by atoms with Crippen molar-refractivity contribution in [2.75, 3.05) is 6.61 Å². The normalized spacial score (nSPS) is 26.6. The van der Waals surface area contributed by atoms with Crippen molar-refractivity contribution in [1.82, 2.24) is 0 Å². The number of benzene rings is 3. The Bertz CT molecular complexity index is 1330. The summed E-state index contributed by atoms with van der Waals surface area (Å²) < 4.78 is 65.0. The molecule has 2 aliphatic carbocycles. The Morgan fingerprint density at radius 1 is 0.600 bits per heavy atom. The quantitative estimate of drug-likeness (QED) is 0.211. The Kier molecular flexibility index (Phi) is 8.03. The van der Waals surface area contributed by atoms with Crippen LogP contribution < -0.4 is 0 Å². The van der Waals surface area contributed by atoms with Crippen LogP contribution in [0.4, 0.5) is 17.6 Å². The van der Waals surface area contributed by atoms with Gasteiger partial charge < -0.3 is 4.74 Å². The van der Waals surface area contributed by atoms with Gasteiger partial charge >= 0.3 is 0 Å². The molecule has 1 atom stereocenters. The van der Waals surface area contributed by atoms with Gasteiger partial charge in [-0.15, -0.1) is 0 Å². The van der Waals surface area contributed by atoms with Crippen LogP contribution in [-0.2, 0) is 4.74 Å². The summed E-state index contributed by atoms with van der Waals surface area (Å²) in [6, 6.07) is 13.0. The minimum Gasteiger partial charge on any atom is -0.368 e. The van der Waals surface area contributed by atoms with Crippen molar-refractivity contribution in [2.24, 2.45) is 17.8 Å². The van der Waals surface area contributed by atoms with Crippen molar-refractivity contribution >= 4 is 0 Å². The minimum atomic E-state index is -0.929. The van der Waals surface area contributed by atoms with E-state index in [-0.39, 0.29) is 28.7 Å². The van der Waals surface area contributed by atoms with E-state index in [9.17, 15) is 8.78 Å². The van der Waals surface area contributed by atoms with Crippen LogP contribution in [0, 0.1) is 41.0 Å². The highest BCUT2D eigenvalue weighted by Crippen LogP contribution is 2.45. The highest BCUT2D eigenvalue weighted by Gasteiger charge is 2.33. The molecule has 0 aromatic heterocycles. The van der Waals surface area contributed by atoms with E-state index >= 15 is 8.78 Å². The van der Waals surface area contributed by atoms with E-state index in [0.29, 0.717) is 23.3 Å². The molecule has 40 heavy (non-hydrogen) atoms. The van der Waals surface area contributed by atoms with Crippen molar-refractivity contribution in [3.8, 4) is 22.3 Å². The Morgan fingerprint density at radius 2 is 1.07 bits per heavy atom. The van der Waals surface area contributed by atoms with Gasteiger partial charge in [-0.25, -0.2) is 17.6 Å². The van der Waals surface area contributed by atoms with Crippen LogP contribution in [0.25, 0.3) is 22.3 Å². The third-order valence-corrected chi connectivity index (χ3v) is 9.88. The zero-order valence-electron chi connectivity index (χ0n) is 23.2. The summed E-state index contributed by atoms with van der Waals surface area (Å²) in [4.78, 5) is 0. The van der Waals surface area contributed by atoms with Gasteiger partial charge in [0.1, 0.15) is 6.10 Å². The van der Waals surface area contributed by atoms with Crippen molar-refractivity contribution in [3.05, 3.63) is 82.9 Å². The van der Waals surface area contributed by atoms with Gasteiger partial charge in [0.05, 0.1) is 6.61 Å². The fraction of sp³-hybridized carbons (Fsp3) is 0.486. The van der Waals surface area contributed by atoms with Crippen molar-refractivity contribution in [2.45, 2.75) is 83.2 Å². The van der Waals surface area contributed by atoms with E-state index in [1.165, 1.54) is 44.6 Å². The van der Waals surface area contributed by atoms with Crippen LogP contribution in [0.15, 0.2) is 48.5 Å². The standard InChI is InChI=1S/C35H38F4O/c1-2-3-21-4-6-22(7-5-21)23-8-10-24(11-9-23)27-16-17-28(33(37)32(27)36)25-12-14-26(15-13-25)29-18-19-30(31-20-40-31)35(39)34(29)38/h12-19,21-24,31H,2-11,20H2,1H3. The summed E-state index contributed by atoms with van der Waals surface area (Å²) >= 11 is 0. The molecule has 5 heteroatoms. The Balaban J connectivity index is 1.12. The van der Waals surface area contributed by atoms with Gasteiger partial charge in [-0.05, 0) is 78.9 Å². The van der Waals surface area contributed by atoms with E-state index in [0.717, 1.165) is 43.4 Å². The van der Waals surface area contributed by atoms with E-state index in [4.69, 9.17) is 4.74 Å². The Morgan fingerprint density at radius 3 is 1.57 bits per heavy atom. The topological polar surface area (TPSA) is 12.5 Å². The summed E-state index contributed by atoms with van der Waals surface area (Å²) in [5.74, 6) is -0.939. The molecule has 1 heterocycles. The lowest BCUT2D eigenvalue weighted by molar-refractivity contribution is 0.156. The summed E-state index contributed by atoms with van der Waals surface area (Å²) in [5, 5.41) is 0. The molecule has 0 radical (unpaired) electrons. The predicted molar refractivity (Wildman–Crippen MR) is 151 cm³/mol. The molecule has 3 aromatic carbocycles. The third kappa shape index (κ3) is 5.46. The second-order valence-electron chi connectivity index (χ2n) is 12.2. The first kappa shape index (κ1) is 27.5. The average Bonchev–Trinajstić information content (AvgIpc) is 3.82. The fourth-order valence-electron chi connectivity index (χ4n) is 7.45. The highest BCUT2D eigenvalue weighted by atomic mass is 19.2. The molecule has 1 saturated heterocycles. The number of halogens is 4. The third-order valence-electron chi connectivity index (χ3n) is 9.88. The van der Waals surface area contributed by atoms with Gasteiger partial charge in [-0.3, -0.25) is 0 Å². The predicted octanol–water partition coefficient (Wildman–Crippen LogP) is 10.5. The van der Waals surface area contributed by atoms with E-state index in [1.807, 2.05) is 0 Å². The zero-order chi connectivity index (χ0) is 27.8. The van der Waals surface area contributed by atoms with Gasteiger partial charge in [0.2, 0.25) is 0 Å². The second kappa shape index (κ2) is 11.7. The van der Waals surface area contributed by atoms with Crippen LogP contribution in [0.3, 0.4) is 0 Å². The molecule has 1 nitrogen and oxygen atoms in total. The molecule has 1 unspecified atom stereocenters. The number of epoxide rings is 1. The number of rotatable bonds is 7. The largest absolute Gasteiger partial charge is 0.368 e. The van der Waals surface area contributed by atoms with Crippen LogP contribution in [-0.4, -0.2) is 6.61 Å². The molecule has 0 N–H and O–H groups in total. The summed E-state index contributed by atoms with van der Waals surface area (Å²) in [7, 11) is 0. The summed E-state index contributed by atoms with van der Waals surface area (Å²) in [6.07, 6.45) is 11.7. The van der Waals surface area contributed by atoms with Gasteiger partial charge in [-0.1, -0.05) is 81.1 Å². The molecule has 1 aliphatic heterocycles. The van der Waals surface area contributed by atoms with Gasteiger partial charge in [-0.2, -0.15) is 0 Å². The molecule has 0 amide bonds. The monoisotopic (exact) mass is 550 g/mol. The van der Waals surface area contributed by atoms with Gasteiger partial charge in [0.15, 0.2) is 23.3 Å². The lowest BCUT2D eigenvalue weighted by Gasteiger charge is -2.38. The molecule has 0 spiro atoms. The maximum Gasteiger partial charge on any atom is 0.167 e. The van der Waals surface area contributed by atoms with Crippen LogP contribution >= 0.6 is 0 Å². The SMILES string of the molecule is CCCC1CCC(C2CCC(c3ccc(-c4ccc(-c5ccc(C6CO6)c(F)c5F)cc4)c(F)c3F)CC2)CC1. The fourth-order valence-corrected chi connectivity index (χ4v) is 7.45. The summed E-state index contributed by atoms with van der Waals surface area (Å²) in [5.41, 5.74) is 1.98. The molecule has 0 bridgehead atoms. The van der Waals surface area contributed by atoms with Gasteiger partial charge in [0.25, 0.3) is 0 Å². The molecular weight excluding hydrogens is 512 g/mol. The molecular formula is C35H38F4O. The smallest absolute Gasteiger partial charge is 0.167 e. The van der Waals surface area contributed by atoms with Gasteiger partial charge in [0, 0.05) is 16.7 Å². The van der Waals surface area contributed by atoms with E-state index < -0.39 is 23.3 Å². The first-order valence-electron chi connectivity index (χ1n) is 15.1. The zero-order valence-corrected chi connectivity index (χ0v) is 23.2. The lowest BCUT2D eigenvalue weighted by Crippen LogP contribution is -2.25. The van der Waals surface area contributed by atoms with E-state index in [1.54, 1.807) is 42.5 Å². The molecule has 2 saturated carbocycles. The summed E-state index contributed by atoms with van der Waals surface area (Å²) in [6.45, 7) is 2.67. The minimum absolute atomic E-state index is 0.0560. The van der Waals surface area contributed by atoms with Crippen LogP contribution in [0.2, 0.25) is 0 Å². The lowest BCUT2D eigenvalue weighted by atomic mass is 9.68. The first-order valence-corrected chi connectivity index (χ1v) is 15.1. The Hall–Kier alpha value is -2.66. The number of hydrogen-bond donors (Lipinski definition) is 0. The van der Waals surface area contributed by atoms with Crippen molar-refractivity contribution in [3.63, 3.8) is 0 Å². The maximum absolute atomic E-state index is 15.4. The number of ether oxygens (including phenoxy) is 1. The molecule has 3 fully saturated rings. The molecule has 212 valence electrons. The molecule has 3 aliphatic rings. The molecule has 3 aromatic rings. The molecule has 6 rings (SSSR count). The first-order chi connectivity index (χ1) is 19.4.